The average Bonchev–Trinajstić information content (AvgIpc) is 2.06. The lowest BCUT2D eigenvalue weighted by molar-refractivity contribution is -0.149. The molecule has 6 amide bonds. The molecule has 1 aliphatic rings. The first kappa shape index (κ1) is 62.4. The smallest absolute Gasteiger partial charge is 0.305 e. The van der Waals surface area contributed by atoms with Crippen LogP contribution in [0.2, 0.25) is 0 Å². The summed E-state index contributed by atoms with van der Waals surface area (Å²) in [6, 6.07) is 9.55. The Morgan fingerprint density at radius 2 is 1.37 bits per heavy atom. The number of amides is 6. The van der Waals surface area contributed by atoms with E-state index in [-0.39, 0.29) is 65.8 Å². The molecule has 4 atom stereocenters. The van der Waals surface area contributed by atoms with Crippen molar-refractivity contribution in [1.29, 1.82) is 0 Å². The monoisotopic (exact) mass is 1280 g/mol. The van der Waals surface area contributed by atoms with Gasteiger partial charge in [-0.25, -0.2) is 34.9 Å². The number of methoxy groups -OCH3 is 2. The predicted molar refractivity (Wildman–Crippen MR) is 326 cm³/mol. The average molecular weight is 1280 g/mol. The first-order chi connectivity index (χ1) is 41.4. The van der Waals surface area contributed by atoms with E-state index in [9.17, 15) is 38.4 Å². The topological polar surface area (TPSA) is 327 Å². The number of anilines is 1. The van der Waals surface area contributed by atoms with Gasteiger partial charge in [0.1, 0.15) is 76.1 Å². The van der Waals surface area contributed by atoms with Gasteiger partial charge in [-0.05, 0) is 43.4 Å². The van der Waals surface area contributed by atoms with Crippen LogP contribution in [0.1, 0.15) is 139 Å². The van der Waals surface area contributed by atoms with Crippen LogP contribution in [-0.2, 0) is 44.8 Å². The highest BCUT2D eigenvalue weighted by atomic mass is 32.1. The van der Waals surface area contributed by atoms with E-state index < -0.39 is 66.3 Å². The van der Waals surface area contributed by atoms with Gasteiger partial charge in [-0.2, -0.15) is 0 Å². The van der Waals surface area contributed by atoms with Gasteiger partial charge in [0.25, 0.3) is 17.7 Å². The van der Waals surface area contributed by atoms with Gasteiger partial charge in [0.05, 0.1) is 49.3 Å². The predicted octanol–water partition coefficient (Wildman–Crippen LogP) is 8.55. The van der Waals surface area contributed by atoms with E-state index in [0.29, 0.717) is 87.4 Å². The highest BCUT2D eigenvalue weighted by Crippen LogP contribution is 2.41. The minimum absolute atomic E-state index is 0.0135. The van der Waals surface area contributed by atoms with Gasteiger partial charge in [-0.15, -0.1) is 68.0 Å². The molecule has 8 heterocycles. The van der Waals surface area contributed by atoms with Crippen LogP contribution in [0.5, 0.6) is 0 Å². The molecule has 0 aliphatic carbocycles. The number of esters is 2. The van der Waals surface area contributed by atoms with Crippen molar-refractivity contribution in [2.75, 3.05) is 33.1 Å². The number of ether oxygens (including phenoxy) is 3. The summed E-state index contributed by atoms with van der Waals surface area (Å²) in [5.74, 6) is -4.14. The lowest BCUT2D eigenvalue weighted by Crippen LogP contribution is -2.41. The summed E-state index contributed by atoms with van der Waals surface area (Å²) in [5, 5.41) is 26.1. The van der Waals surface area contributed by atoms with E-state index in [4.69, 9.17) is 44.1 Å². The Hall–Kier alpha value is -8.13. The molecule has 1 unspecified atom stereocenters. The Labute approximate surface area is 516 Å². The molecule has 0 saturated heterocycles. The van der Waals surface area contributed by atoms with Gasteiger partial charge in [0.2, 0.25) is 17.7 Å². The number of thiazole rings is 6. The number of nitrogens with one attached hydrogen (secondary N) is 6. The molecule has 448 valence electrons. The first-order valence-corrected chi connectivity index (χ1v) is 31.8. The molecule has 9 rings (SSSR count). The third-order valence-corrected chi connectivity index (χ3v) is 18.8. The van der Waals surface area contributed by atoms with Crippen molar-refractivity contribution in [3.8, 4) is 43.4 Å². The summed E-state index contributed by atoms with van der Waals surface area (Å²) in [5.41, 5.74) is 2.69. The molecule has 0 radical (unpaired) electrons. The zero-order chi connectivity index (χ0) is 61.2. The maximum absolute atomic E-state index is 14.3. The van der Waals surface area contributed by atoms with Crippen LogP contribution in [-0.4, -0.2) is 110 Å². The minimum atomic E-state index is -1.08. The zero-order valence-electron chi connectivity index (χ0n) is 47.3. The van der Waals surface area contributed by atoms with Gasteiger partial charge in [-0.3, -0.25) is 38.4 Å². The number of rotatable bonds is 15. The number of pyridine rings is 1. The van der Waals surface area contributed by atoms with Crippen molar-refractivity contribution >= 4 is 121 Å². The Balaban J connectivity index is 1.12. The van der Waals surface area contributed by atoms with Crippen molar-refractivity contribution in [2.24, 2.45) is 5.92 Å². The Kier molecular flexibility index (Phi) is 20.6. The molecule has 7 aromatic heterocycles. The maximum Gasteiger partial charge on any atom is 0.305 e. The molecule has 86 heavy (non-hydrogen) atoms. The molecule has 6 N–H and O–H groups in total. The molecule has 10 bridgehead atoms. The number of fused-ring (bicyclic) bond motifs is 14. The summed E-state index contributed by atoms with van der Waals surface area (Å²) in [6.45, 7) is 6.16. The van der Waals surface area contributed by atoms with Crippen molar-refractivity contribution < 1.29 is 52.6 Å². The minimum Gasteiger partial charge on any atom is -0.469 e. The molecular weight excluding hydrogens is 1220 g/mol. The van der Waals surface area contributed by atoms with E-state index in [1.54, 1.807) is 70.9 Å². The number of nitrogens with zero attached hydrogens (tertiary/aromatic N) is 7. The fourth-order valence-electron chi connectivity index (χ4n) is 8.80. The van der Waals surface area contributed by atoms with Crippen LogP contribution in [0.4, 0.5) is 5.82 Å². The largest absolute Gasteiger partial charge is 0.469 e. The SMILES string of the molecule is CNC(=O)C[C@@H]1NC(=O)c2csc(n2)-c2ccc(-c3nc(NC(=O)CCCCC(=O)OC)cs3)nc2-c2csc(n2)-c2csc(n2)C([C@@H](OC(C)=O)c2ccccc2)NC(=O)CNC(=O)c2nc(sc2COC)[C@@H](C(C)C)NC(=O)c2nc1sc2C. The number of carbonyl (C=O) groups is 8. The van der Waals surface area contributed by atoms with E-state index >= 15 is 0 Å². The van der Waals surface area contributed by atoms with Gasteiger partial charge in [0.15, 0.2) is 6.10 Å². The fourth-order valence-corrected chi connectivity index (χ4v) is 14.3. The zero-order valence-corrected chi connectivity index (χ0v) is 52.2. The number of hydrogen-bond acceptors (Lipinski definition) is 24. The third kappa shape index (κ3) is 15.1. The van der Waals surface area contributed by atoms with Gasteiger partial charge < -0.3 is 46.1 Å². The molecule has 8 aromatic rings. The quantitative estimate of drug-likeness (QED) is 0.0413. The second-order valence-corrected chi connectivity index (χ2v) is 25.4. The number of aryl methyl sites for hydroxylation is 1. The van der Waals surface area contributed by atoms with E-state index in [1.807, 2.05) is 13.8 Å². The number of aromatic nitrogens is 7. The van der Waals surface area contributed by atoms with Crippen molar-refractivity contribution in [3.63, 3.8) is 0 Å². The summed E-state index contributed by atoms with van der Waals surface area (Å²) >= 11 is 7.16. The molecular formula is C56H57N13O11S6. The molecule has 30 heteroatoms. The van der Waals surface area contributed by atoms with Crippen LogP contribution in [0.25, 0.3) is 43.4 Å². The molecule has 0 spiro atoms. The number of carbonyl (C=O) groups excluding carboxylic acids is 8. The summed E-state index contributed by atoms with van der Waals surface area (Å²) < 4.78 is 16.1. The summed E-state index contributed by atoms with van der Waals surface area (Å²) in [4.78, 5) is 142. The molecule has 24 nitrogen and oxygen atoms in total. The standard InChI is InChI=1S/C56H57N13O11S6/c1-26(2)42-56-69-45(36(86-56)21-78-6)49(76)58-20-40(73)66-46(47(80-28(4)70)29-13-9-8-10-14-29)55-63-35(24-83-55)53-61-33(22-82-53)44-30(17-18-31(59-44)52-65-37(25-84-52)64-38(71)15-11-12-16-41(74)79-7)51-62-34(23-81-51)48(75)60-32(19-39(72)57-5)54-68-43(27(3)85-54)50(77)67-42/h8-10,13-14,17-18,22-26,32,42,46-47H,11-12,15-16,19-21H2,1-7H3,(H,57,72)(H,58,76)(H,60,75)(H,64,71)(H,66,73)(H,67,77)/t32-,42+,46?,47-/m0/s1. The van der Waals surface area contributed by atoms with Crippen molar-refractivity contribution in [2.45, 2.75) is 90.6 Å². The van der Waals surface area contributed by atoms with E-state index in [1.165, 1.54) is 73.5 Å². The van der Waals surface area contributed by atoms with Gasteiger partial charge >= 0.3 is 11.9 Å². The third-order valence-electron chi connectivity index (χ3n) is 13.0. The van der Waals surface area contributed by atoms with Crippen LogP contribution in [0.3, 0.4) is 0 Å². The maximum atomic E-state index is 14.3. The number of hydrogen-bond donors (Lipinski definition) is 6. The molecule has 0 saturated carbocycles. The van der Waals surface area contributed by atoms with Crippen molar-refractivity contribution in [3.05, 3.63) is 111 Å². The Bertz CT molecular complexity index is 3810. The van der Waals surface area contributed by atoms with Gasteiger partial charge in [0, 0.05) is 65.9 Å². The normalized spacial score (nSPS) is 16.0. The Morgan fingerprint density at radius 1 is 0.663 bits per heavy atom. The lowest BCUT2D eigenvalue weighted by atomic mass is 10.0. The van der Waals surface area contributed by atoms with Crippen LogP contribution < -0.4 is 31.9 Å². The second kappa shape index (κ2) is 28.4. The first-order valence-electron chi connectivity index (χ1n) is 26.7. The summed E-state index contributed by atoms with van der Waals surface area (Å²) in [7, 11) is 4.25. The van der Waals surface area contributed by atoms with Crippen LogP contribution >= 0.6 is 68.0 Å². The van der Waals surface area contributed by atoms with Crippen LogP contribution in [0, 0.1) is 12.8 Å². The van der Waals surface area contributed by atoms with E-state index in [2.05, 4.69) is 36.9 Å². The highest BCUT2D eigenvalue weighted by molar-refractivity contribution is 7.15. The lowest BCUT2D eigenvalue weighted by Gasteiger charge is -2.26. The second-order valence-electron chi connectivity index (χ2n) is 19.6. The number of unbranched alkanes of at least 4 members (excludes halogenated alkanes) is 1. The number of benzene rings is 1. The van der Waals surface area contributed by atoms with Crippen LogP contribution in [0.15, 0.2) is 64.0 Å². The van der Waals surface area contributed by atoms with Crippen molar-refractivity contribution in [1.82, 2.24) is 61.5 Å². The Morgan fingerprint density at radius 3 is 2.12 bits per heavy atom. The van der Waals surface area contributed by atoms with E-state index in [0.717, 1.165) is 22.7 Å². The fraction of sp³-hybridized carbons (Fsp3) is 0.339. The molecule has 1 aliphatic heterocycles. The molecule has 1 aromatic carbocycles. The van der Waals surface area contributed by atoms with Gasteiger partial charge in [-0.1, -0.05) is 44.2 Å². The molecule has 0 fully saturated rings. The summed E-state index contributed by atoms with van der Waals surface area (Å²) in [6.07, 6.45) is 0.0146. The highest BCUT2D eigenvalue weighted by Gasteiger charge is 2.35.